The number of carbonyl (C=O) groups excluding carboxylic acids is 1. The van der Waals surface area contributed by atoms with E-state index in [2.05, 4.69) is 4.99 Å². The summed E-state index contributed by atoms with van der Waals surface area (Å²) in [5.41, 5.74) is 0.645. The molecule has 2 fully saturated rings. The van der Waals surface area contributed by atoms with Gasteiger partial charge in [-0.1, -0.05) is 53.2 Å². The van der Waals surface area contributed by atoms with Crippen molar-refractivity contribution in [2.45, 2.75) is 11.3 Å². The van der Waals surface area contributed by atoms with E-state index in [0.717, 1.165) is 0 Å². The van der Waals surface area contributed by atoms with Gasteiger partial charge in [-0.2, -0.15) is 4.99 Å². The van der Waals surface area contributed by atoms with Gasteiger partial charge in [-0.15, -0.1) is 0 Å². The van der Waals surface area contributed by atoms with Crippen molar-refractivity contribution < 1.29 is 17.9 Å². The first-order valence-electron chi connectivity index (χ1n) is 8.73. The molecule has 0 unspecified atom stereocenters. The van der Waals surface area contributed by atoms with Gasteiger partial charge in [-0.05, 0) is 30.3 Å². The van der Waals surface area contributed by atoms with Crippen LogP contribution < -0.4 is 9.64 Å². The quantitative estimate of drug-likeness (QED) is 0.678. The second-order valence-corrected chi connectivity index (χ2v) is 10.8. The van der Waals surface area contributed by atoms with Crippen LogP contribution in [0.4, 0.5) is 5.69 Å². The number of benzene rings is 2. The lowest BCUT2D eigenvalue weighted by Crippen LogP contribution is -2.37. The summed E-state index contributed by atoms with van der Waals surface area (Å²) < 4.78 is 29.7. The fourth-order valence-corrected chi connectivity index (χ4v) is 7.53. The molecule has 0 saturated carbocycles. The molecule has 4 rings (SSSR count). The van der Waals surface area contributed by atoms with Crippen LogP contribution in [0, 0.1) is 0 Å². The van der Waals surface area contributed by atoms with Crippen LogP contribution in [0.1, 0.15) is 0 Å². The highest BCUT2D eigenvalue weighted by Crippen LogP contribution is 2.42. The van der Waals surface area contributed by atoms with Crippen LogP contribution in [-0.2, 0) is 14.6 Å². The number of anilines is 1. The number of fused-ring (bicyclic) bond motifs is 1. The molecule has 29 heavy (non-hydrogen) atoms. The molecule has 2 heterocycles. The molecular weight excluding hydrogens is 455 g/mol. The maximum absolute atomic E-state index is 12.4. The summed E-state index contributed by atoms with van der Waals surface area (Å²) in [5, 5.41) is 0.978. The van der Waals surface area contributed by atoms with Crippen LogP contribution in [0.25, 0.3) is 0 Å². The van der Waals surface area contributed by atoms with Crippen LogP contribution in [0.5, 0.6) is 5.75 Å². The summed E-state index contributed by atoms with van der Waals surface area (Å²) in [4.78, 5) is 18.4. The predicted octanol–water partition coefficient (Wildman–Crippen LogP) is 3.67. The van der Waals surface area contributed by atoms with E-state index >= 15 is 0 Å². The van der Waals surface area contributed by atoms with Gasteiger partial charge < -0.3 is 9.64 Å². The first-order valence-corrected chi connectivity index (χ1v) is 12.2. The normalized spacial score (nSPS) is 23.9. The molecule has 2 aromatic carbocycles. The van der Waals surface area contributed by atoms with Crippen molar-refractivity contribution in [2.75, 3.05) is 23.0 Å². The summed E-state index contributed by atoms with van der Waals surface area (Å²) in [7, 11) is -3.15. The molecule has 152 valence electrons. The van der Waals surface area contributed by atoms with E-state index in [0.29, 0.717) is 26.6 Å². The zero-order valence-corrected chi connectivity index (χ0v) is 18.1. The summed E-state index contributed by atoms with van der Waals surface area (Å²) in [6, 6.07) is 13.7. The largest absolute Gasteiger partial charge is 0.484 e. The Balaban J connectivity index is 1.59. The number of carbonyl (C=O) groups is 1. The fourth-order valence-electron chi connectivity index (χ4n) is 3.30. The zero-order chi connectivity index (χ0) is 20.6. The Morgan fingerprint density at radius 1 is 1.14 bits per heavy atom. The monoisotopic (exact) mass is 470 g/mol. The third kappa shape index (κ3) is 4.55. The minimum atomic E-state index is -3.15. The van der Waals surface area contributed by atoms with Gasteiger partial charge >= 0.3 is 0 Å². The highest BCUT2D eigenvalue weighted by molar-refractivity contribution is 8.16. The maximum Gasteiger partial charge on any atom is 0.285 e. The number of amides is 1. The molecule has 2 aliphatic heterocycles. The van der Waals surface area contributed by atoms with E-state index in [9.17, 15) is 13.2 Å². The van der Waals surface area contributed by atoms with Gasteiger partial charge in [0.25, 0.3) is 5.91 Å². The van der Waals surface area contributed by atoms with E-state index < -0.39 is 15.7 Å². The van der Waals surface area contributed by atoms with Crippen LogP contribution in [0.15, 0.2) is 53.5 Å². The molecule has 2 aliphatic rings. The Labute approximate surface area is 182 Å². The molecule has 2 saturated heterocycles. The van der Waals surface area contributed by atoms with E-state index in [1.807, 2.05) is 18.2 Å². The van der Waals surface area contributed by atoms with Crippen molar-refractivity contribution in [2.24, 2.45) is 4.99 Å². The molecule has 1 amide bonds. The number of rotatable bonds is 4. The maximum atomic E-state index is 12.4. The van der Waals surface area contributed by atoms with E-state index in [1.165, 1.54) is 11.8 Å². The van der Waals surface area contributed by atoms with Crippen molar-refractivity contribution in [3.05, 3.63) is 58.6 Å². The number of hydrogen-bond acceptors (Lipinski definition) is 5. The average Bonchev–Trinajstić information content (AvgIpc) is 3.14. The Bertz CT molecular complexity index is 1080. The first-order chi connectivity index (χ1) is 13.8. The van der Waals surface area contributed by atoms with E-state index in [-0.39, 0.29) is 29.4 Å². The van der Waals surface area contributed by atoms with Crippen molar-refractivity contribution >= 4 is 61.6 Å². The second-order valence-electron chi connectivity index (χ2n) is 6.66. The minimum absolute atomic E-state index is 0.00135. The number of thioether (sulfide) groups is 1. The summed E-state index contributed by atoms with van der Waals surface area (Å²) in [6.07, 6.45) is 0. The lowest BCUT2D eigenvalue weighted by molar-refractivity contribution is -0.119. The van der Waals surface area contributed by atoms with Crippen molar-refractivity contribution in [1.82, 2.24) is 0 Å². The number of ether oxygens (including phenoxy) is 1. The van der Waals surface area contributed by atoms with Gasteiger partial charge in [0, 0.05) is 10.9 Å². The third-order valence-corrected chi connectivity index (χ3v) is 8.52. The molecule has 2 aromatic rings. The van der Waals surface area contributed by atoms with Crippen LogP contribution >= 0.6 is 35.0 Å². The molecule has 0 bridgehead atoms. The molecule has 2 atom stereocenters. The summed E-state index contributed by atoms with van der Waals surface area (Å²) >= 11 is 13.5. The molecule has 0 aromatic heterocycles. The fraction of sp³-hybridized carbons (Fsp3) is 0.263. The number of hydrogen-bond donors (Lipinski definition) is 0. The molecule has 6 nitrogen and oxygen atoms in total. The number of aliphatic imine (C=N–C) groups is 1. The number of para-hydroxylation sites is 1. The Kier molecular flexibility index (Phi) is 5.79. The van der Waals surface area contributed by atoms with Gasteiger partial charge in [0.05, 0.1) is 27.6 Å². The Morgan fingerprint density at radius 2 is 1.90 bits per heavy atom. The molecule has 0 spiro atoms. The Morgan fingerprint density at radius 3 is 2.62 bits per heavy atom. The highest BCUT2D eigenvalue weighted by Gasteiger charge is 2.49. The van der Waals surface area contributed by atoms with E-state index in [1.54, 1.807) is 35.2 Å². The summed E-state index contributed by atoms with van der Waals surface area (Å²) in [6.45, 7) is -0.211. The number of nitrogens with zero attached hydrogens (tertiary/aromatic N) is 2. The van der Waals surface area contributed by atoms with Gasteiger partial charge in [-0.3, -0.25) is 4.79 Å². The lowest BCUT2D eigenvalue weighted by Gasteiger charge is -2.24. The highest BCUT2D eigenvalue weighted by atomic mass is 35.5. The number of sulfone groups is 1. The SMILES string of the molecule is O=C(COc1ccccc1)N=C1S[C@H]2CS(=O)(=O)C[C@H]2N1c1ccc(Cl)c(Cl)c1. The smallest absolute Gasteiger partial charge is 0.285 e. The van der Waals surface area contributed by atoms with Crippen molar-refractivity contribution in [3.63, 3.8) is 0 Å². The van der Waals surface area contributed by atoms with Gasteiger partial charge in [-0.25, -0.2) is 8.42 Å². The van der Waals surface area contributed by atoms with Gasteiger partial charge in [0.15, 0.2) is 21.6 Å². The minimum Gasteiger partial charge on any atom is -0.484 e. The zero-order valence-electron chi connectivity index (χ0n) is 15.0. The van der Waals surface area contributed by atoms with Crippen molar-refractivity contribution in [3.8, 4) is 5.75 Å². The van der Waals surface area contributed by atoms with Crippen LogP contribution in [0.3, 0.4) is 0 Å². The van der Waals surface area contributed by atoms with Gasteiger partial charge in [0.2, 0.25) is 0 Å². The standard InChI is InChI=1S/C19H16Cl2N2O4S2/c20-14-7-6-12(8-15(14)21)23-16-10-29(25,26)11-17(16)28-19(23)22-18(24)9-27-13-4-2-1-3-5-13/h1-8,16-17H,9-11H2/t16-,17+/m1/s1. The molecule has 0 aliphatic carbocycles. The summed E-state index contributed by atoms with van der Waals surface area (Å²) in [5.74, 6) is 0.167. The van der Waals surface area contributed by atoms with Crippen LogP contribution in [-0.4, -0.2) is 48.9 Å². The molecule has 0 N–H and O–H groups in total. The predicted molar refractivity (Wildman–Crippen MR) is 117 cm³/mol. The number of amidine groups is 1. The van der Waals surface area contributed by atoms with Crippen LogP contribution in [0.2, 0.25) is 10.0 Å². The van der Waals surface area contributed by atoms with E-state index in [4.69, 9.17) is 27.9 Å². The van der Waals surface area contributed by atoms with Crippen molar-refractivity contribution in [1.29, 1.82) is 0 Å². The van der Waals surface area contributed by atoms with Gasteiger partial charge in [0.1, 0.15) is 5.75 Å². The first kappa shape index (κ1) is 20.5. The molecular formula is C19H16Cl2N2O4S2. The Hall–Kier alpha value is -1.74. The second kappa shape index (κ2) is 8.18. The number of halogens is 2. The average molecular weight is 471 g/mol. The molecule has 0 radical (unpaired) electrons. The third-order valence-electron chi connectivity index (χ3n) is 4.57. The lowest BCUT2D eigenvalue weighted by atomic mass is 10.2. The topological polar surface area (TPSA) is 76.0 Å². The molecule has 10 heteroatoms.